The van der Waals surface area contributed by atoms with Crippen molar-refractivity contribution in [1.82, 2.24) is 0 Å². The molecule has 1 saturated carbocycles. The van der Waals surface area contributed by atoms with Crippen molar-refractivity contribution in [3.05, 3.63) is 29.3 Å². The topological polar surface area (TPSA) is 37.1 Å². The quantitative estimate of drug-likeness (QED) is 0.777. The van der Waals surface area contributed by atoms with Gasteiger partial charge in [0.2, 0.25) is 0 Å². The number of nitrogens with zero attached hydrogens (tertiary/aromatic N) is 1. The van der Waals surface area contributed by atoms with E-state index in [0.717, 1.165) is 50.6 Å². The van der Waals surface area contributed by atoms with E-state index in [4.69, 9.17) is 16.3 Å². The van der Waals surface area contributed by atoms with E-state index >= 15 is 0 Å². The van der Waals surface area contributed by atoms with Crippen LogP contribution in [0.1, 0.15) is 40.0 Å². The zero-order valence-corrected chi connectivity index (χ0v) is 17.8. The van der Waals surface area contributed by atoms with E-state index in [9.17, 15) is 5.11 Å². The molecule has 1 aliphatic carbocycles. The molecule has 3 atom stereocenters. The predicted molar refractivity (Wildman–Crippen MR) is 112 cm³/mol. The molecule has 0 bridgehead atoms. The molecule has 2 aliphatic rings. The van der Waals surface area contributed by atoms with Gasteiger partial charge in [0.05, 0.1) is 38.9 Å². The van der Waals surface area contributed by atoms with Gasteiger partial charge in [-0.3, -0.25) is 0 Å². The van der Waals surface area contributed by atoms with Gasteiger partial charge < -0.3 is 19.6 Å². The monoisotopic (exact) mass is 395 g/mol. The van der Waals surface area contributed by atoms with Crippen molar-refractivity contribution < 1.29 is 14.7 Å². The van der Waals surface area contributed by atoms with Crippen molar-refractivity contribution in [3.63, 3.8) is 0 Å². The van der Waals surface area contributed by atoms with Gasteiger partial charge in [-0.15, -0.1) is 0 Å². The molecule has 0 spiro atoms. The summed E-state index contributed by atoms with van der Waals surface area (Å²) in [5.41, 5.74) is 1.55. The fourth-order valence-corrected chi connectivity index (χ4v) is 5.17. The molecule has 0 amide bonds. The largest absolute Gasteiger partial charge is 0.385 e. The maximum Gasteiger partial charge on any atom is 0.126 e. The van der Waals surface area contributed by atoms with Gasteiger partial charge >= 0.3 is 0 Å². The van der Waals surface area contributed by atoms with Gasteiger partial charge in [0.15, 0.2) is 0 Å². The van der Waals surface area contributed by atoms with Crippen LogP contribution in [-0.4, -0.2) is 56.6 Å². The standard InChI is InChI=1S/C22H35ClN2O2/c1-17-11-21(14-22(2,3)13-17)27-16-20(26)15-24-7-9-25(10-8-24)19-6-4-5-18(23)12-19/h4-6,12,17,20-21,26H,7-11,13-16H2,1-3H3/p+1/t17-,20-,21-/m1/s1. The maximum absolute atomic E-state index is 10.5. The molecule has 1 saturated heterocycles. The van der Waals surface area contributed by atoms with Gasteiger partial charge in [-0.25, -0.2) is 0 Å². The summed E-state index contributed by atoms with van der Waals surface area (Å²) in [7, 11) is 0. The molecule has 2 fully saturated rings. The lowest BCUT2D eigenvalue weighted by Gasteiger charge is -2.39. The van der Waals surface area contributed by atoms with Crippen LogP contribution in [0.25, 0.3) is 0 Å². The Bertz CT molecular complexity index is 602. The van der Waals surface area contributed by atoms with Crippen LogP contribution in [0.3, 0.4) is 0 Å². The van der Waals surface area contributed by atoms with E-state index in [-0.39, 0.29) is 6.10 Å². The summed E-state index contributed by atoms with van der Waals surface area (Å²) >= 11 is 6.11. The van der Waals surface area contributed by atoms with Crippen LogP contribution < -0.4 is 9.80 Å². The highest BCUT2D eigenvalue weighted by Gasteiger charge is 2.33. The minimum Gasteiger partial charge on any atom is -0.385 e. The normalized spacial score (nSPS) is 27.5. The first-order valence-electron chi connectivity index (χ1n) is 10.4. The van der Waals surface area contributed by atoms with Crippen molar-refractivity contribution in [2.75, 3.05) is 44.2 Å². The number of benzene rings is 1. The first kappa shape index (κ1) is 20.9. The molecule has 0 aromatic heterocycles. The summed E-state index contributed by atoms with van der Waals surface area (Å²) in [6.07, 6.45) is 3.43. The zero-order valence-electron chi connectivity index (χ0n) is 17.1. The van der Waals surface area contributed by atoms with E-state index in [1.165, 1.54) is 17.0 Å². The average molecular weight is 396 g/mol. The number of aliphatic hydroxyl groups is 1. The second-order valence-corrected chi connectivity index (χ2v) is 9.88. The minimum atomic E-state index is -0.377. The van der Waals surface area contributed by atoms with Crippen LogP contribution in [0.4, 0.5) is 5.69 Å². The molecule has 4 nitrogen and oxygen atoms in total. The van der Waals surface area contributed by atoms with Crippen LogP contribution in [0.2, 0.25) is 5.02 Å². The van der Waals surface area contributed by atoms with E-state index in [2.05, 4.69) is 31.7 Å². The molecule has 2 N–H and O–H groups in total. The highest BCUT2D eigenvalue weighted by atomic mass is 35.5. The number of piperazine rings is 1. The third-order valence-electron chi connectivity index (χ3n) is 6.04. The first-order valence-corrected chi connectivity index (χ1v) is 10.8. The lowest BCUT2D eigenvalue weighted by Crippen LogP contribution is -3.16. The van der Waals surface area contributed by atoms with Gasteiger partial charge in [-0.1, -0.05) is 38.4 Å². The molecule has 5 heteroatoms. The molecule has 27 heavy (non-hydrogen) atoms. The smallest absolute Gasteiger partial charge is 0.126 e. The lowest BCUT2D eigenvalue weighted by atomic mass is 9.71. The molecule has 0 radical (unpaired) electrons. The molecule has 152 valence electrons. The van der Waals surface area contributed by atoms with Crippen LogP contribution >= 0.6 is 11.6 Å². The lowest BCUT2D eigenvalue weighted by molar-refractivity contribution is -0.903. The maximum atomic E-state index is 10.5. The molecule has 3 rings (SSSR count). The molecule has 0 unspecified atom stereocenters. The fourth-order valence-electron chi connectivity index (χ4n) is 4.98. The highest BCUT2D eigenvalue weighted by molar-refractivity contribution is 6.30. The number of hydrogen-bond donors (Lipinski definition) is 2. The number of halogens is 1. The Morgan fingerprint density at radius 2 is 2.04 bits per heavy atom. The number of ether oxygens (including phenoxy) is 1. The summed E-state index contributed by atoms with van der Waals surface area (Å²) in [5.74, 6) is 0.709. The summed E-state index contributed by atoms with van der Waals surface area (Å²) in [6, 6.07) is 8.07. The van der Waals surface area contributed by atoms with E-state index < -0.39 is 0 Å². The molecule has 1 aliphatic heterocycles. The molecule has 1 aromatic rings. The molecule has 1 aromatic carbocycles. The van der Waals surface area contributed by atoms with Crippen molar-refractivity contribution in [2.24, 2.45) is 11.3 Å². The number of anilines is 1. The first-order chi connectivity index (χ1) is 12.8. The fraction of sp³-hybridized carbons (Fsp3) is 0.727. The Hall–Kier alpha value is -0.810. The third-order valence-corrected chi connectivity index (χ3v) is 6.27. The average Bonchev–Trinajstić information content (AvgIpc) is 2.59. The van der Waals surface area contributed by atoms with E-state index in [1.807, 2.05) is 18.2 Å². The van der Waals surface area contributed by atoms with E-state index in [0.29, 0.717) is 24.0 Å². The second-order valence-electron chi connectivity index (χ2n) is 9.44. The minimum absolute atomic E-state index is 0.299. The number of quaternary nitrogens is 1. The predicted octanol–water partition coefficient (Wildman–Crippen LogP) is 2.64. The summed E-state index contributed by atoms with van der Waals surface area (Å²) in [6.45, 7) is 12.3. The Morgan fingerprint density at radius 3 is 2.70 bits per heavy atom. The Labute approximate surface area is 169 Å². The van der Waals surface area contributed by atoms with Crippen LogP contribution in [-0.2, 0) is 4.74 Å². The van der Waals surface area contributed by atoms with Gasteiger partial charge in [0.25, 0.3) is 0 Å². The van der Waals surface area contributed by atoms with Gasteiger partial charge in [0, 0.05) is 10.7 Å². The van der Waals surface area contributed by atoms with Gasteiger partial charge in [0.1, 0.15) is 12.6 Å². The van der Waals surface area contributed by atoms with Crippen LogP contribution in [0.5, 0.6) is 0 Å². The van der Waals surface area contributed by atoms with E-state index in [1.54, 1.807) is 0 Å². The summed E-state index contributed by atoms with van der Waals surface area (Å²) in [5, 5.41) is 11.3. The second kappa shape index (κ2) is 9.13. The summed E-state index contributed by atoms with van der Waals surface area (Å²) < 4.78 is 6.11. The van der Waals surface area contributed by atoms with Crippen LogP contribution in [0.15, 0.2) is 24.3 Å². The number of nitrogens with one attached hydrogen (secondary N) is 1. The van der Waals surface area contributed by atoms with Crippen molar-refractivity contribution in [1.29, 1.82) is 0 Å². The number of rotatable bonds is 6. The Balaban J connectivity index is 1.39. The van der Waals surface area contributed by atoms with Crippen molar-refractivity contribution >= 4 is 17.3 Å². The summed E-state index contributed by atoms with van der Waals surface area (Å²) in [4.78, 5) is 3.84. The molecule has 1 heterocycles. The van der Waals surface area contributed by atoms with Crippen molar-refractivity contribution in [3.8, 4) is 0 Å². The number of hydrogen-bond acceptors (Lipinski definition) is 3. The Morgan fingerprint density at radius 1 is 1.30 bits per heavy atom. The molecular weight excluding hydrogens is 360 g/mol. The van der Waals surface area contributed by atoms with Gasteiger partial charge in [-0.05, 0) is 48.8 Å². The zero-order chi connectivity index (χ0) is 19.4. The number of aliphatic hydroxyl groups excluding tert-OH is 1. The van der Waals surface area contributed by atoms with Crippen molar-refractivity contribution in [2.45, 2.75) is 52.2 Å². The third kappa shape index (κ3) is 6.35. The highest BCUT2D eigenvalue weighted by Crippen LogP contribution is 2.39. The SMILES string of the molecule is C[C@@H]1C[C@@H](OC[C@H](O)C[NH+]2CCN(c3cccc(Cl)c3)CC2)CC(C)(C)C1. The van der Waals surface area contributed by atoms with Gasteiger partial charge in [-0.2, -0.15) is 0 Å². The molecular formula is C22H36ClN2O2+. The Kier molecular flexibility index (Phi) is 7.07. The van der Waals surface area contributed by atoms with Crippen LogP contribution in [0, 0.1) is 11.3 Å².